The number of carbonyl (C=O) groups excluding carboxylic acids is 1. The van der Waals surface area contributed by atoms with Gasteiger partial charge in [-0.3, -0.25) is 4.79 Å². The van der Waals surface area contributed by atoms with Crippen LogP contribution in [0, 0.1) is 20.8 Å². The van der Waals surface area contributed by atoms with Gasteiger partial charge in [-0.05, 0) is 31.9 Å². The molecular formula is C14H14ClN3O. The Morgan fingerprint density at radius 3 is 2.26 bits per heavy atom. The van der Waals surface area contributed by atoms with E-state index in [1.54, 1.807) is 0 Å². The number of halogens is 1. The molecule has 0 spiro atoms. The molecule has 1 aromatic heterocycles. The molecule has 0 aliphatic rings. The van der Waals surface area contributed by atoms with Gasteiger partial charge in [-0.15, -0.1) is 0 Å². The molecule has 0 saturated heterocycles. The Morgan fingerprint density at radius 1 is 1.11 bits per heavy atom. The highest BCUT2D eigenvalue weighted by Gasteiger charge is 2.15. The monoisotopic (exact) mass is 275 g/mol. The van der Waals surface area contributed by atoms with Crippen LogP contribution in [-0.2, 0) is 0 Å². The second-order valence-electron chi connectivity index (χ2n) is 4.42. The Bertz CT molecular complexity index is 617. The number of aryl methyl sites for hydroxylation is 3. The van der Waals surface area contributed by atoms with Crippen molar-refractivity contribution < 1.29 is 4.79 Å². The predicted molar refractivity (Wildman–Crippen MR) is 75.6 cm³/mol. The van der Waals surface area contributed by atoms with E-state index in [9.17, 15) is 4.79 Å². The third kappa shape index (κ3) is 2.90. The summed E-state index contributed by atoms with van der Waals surface area (Å²) in [5, 5.41) is 2.86. The van der Waals surface area contributed by atoms with Crippen molar-refractivity contribution >= 4 is 23.3 Å². The van der Waals surface area contributed by atoms with Crippen LogP contribution in [0.2, 0.25) is 5.15 Å². The minimum atomic E-state index is -0.225. The smallest absolute Gasteiger partial charge is 0.257 e. The number of hydrogen-bond donors (Lipinski definition) is 1. The molecule has 0 unspecified atom stereocenters. The van der Waals surface area contributed by atoms with E-state index < -0.39 is 0 Å². The average molecular weight is 276 g/mol. The molecule has 2 rings (SSSR count). The second kappa shape index (κ2) is 5.36. The normalized spacial score (nSPS) is 10.3. The van der Waals surface area contributed by atoms with Crippen molar-refractivity contribution in [3.8, 4) is 0 Å². The molecule has 5 heteroatoms. The first-order valence-electron chi connectivity index (χ1n) is 5.84. The lowest BCUT2D eigenvalue weighted by Crippen LogP contribution is -2.16. The molecular weight excluding hydrogens is 262 g/mol. The number of hydrogen-bond acceptors (Lipinski definition) is 3. The van der Waals surface area contributed by atoms with E-state index >= 15 is 0 Å². The van der Waals surface area contributed by atoms with Crippen LogP contribution < -0.4 is 5.32 Å². The van der Waals surface area contributed by atoms with Crippen LogP contribution in [0.5, 0.6) is 0 Å². The summed E-state index contributed by atoms with van der Waals surface area (Å²) < 4.78 is 0. The van der Waals surface area contributed by atoms with Gasteiger partial charge in [0, 0.05) is 18.0 Å². The summed E-state index contributed by atoms with van der Waals surface area (Å²) in [7, 11) is 0. The minimum absolute atomic E-state index is 0.179. The van der Waals surface area contributed by atoms with Crippen molar-refractivity contribution in [2.75, 3.05) is 5.32 Å². The van der Waals surface area contributed by atoms with E-state index in [1.807, 2.05) is 32.9 Å². The summed E-state index contributed by atoms with van der Waals surface area (Å²) in [5.74, 6) is 0.0472. The van der Waals surface area contributed by atoms with E-state index in [2.05, 4.69) is 15.3 Å². The highest BCUT2D eigenvalue weighted by molar-refractivity contribution is 6.32. The van der Waals surface area contributed by atoms with E-state index in [1.165, 1.54) is 12.4 Å². The first kappa shape index (κ1) is 13.5. The first-order chi connectivity index (χ1) is 8.99. The summed E-state index contributed by atoms with van der Waals surface area (Å²) in [5.41, 5.74) is 3.63. The Morgan fingerprint density at radius 2 is 1.68 bits per heavy atom. The number of amides is 1. The maximum atomic E-state index is 12.3. The minimum Gasteiger partial charge on any atom is -0.304 e. The molecule has 0 fully saturated rings. The summed E-state index contributed by atoms with van der Waals surface area (Å²) >= 11 is 5.87. The van der Waals surface area contributed by atoms with Crippen LogP contribution in [0.25, 0.3) is 0 Å². The highest BCUT2D eigenvalue weighted by atomic mass is 35.5. The Kier molecular flexibility index (Phi) is 3.81. The first-order valence-corrected chi connectivity index (χ1v) is 6.22. The van der Waals surface area contributed by atoms with Crippen LogP contribution >= 0.6 is 11.6 Å². The molecule has 0 aliphatic heterocycles. The summed E-state index contributed by atoms with van der Waals surface area (Å²) in [4.78, 5) is 20.1. The van der Waals surface area contributed by atoms with Crippen molar-refractivity contribution in [1.29, 1.82) is 0 Å². The van der Waals surface area contributed by atoms with Gasteiger partial charge in [-0.1, -0.05) is 29.3 Å². The lowest BCUT2D eigenvalue weighted by molar-refractivity contribution is 0.102. The van der Waals surface area contributed by atoms with E-state index in [-0.39, 0.29) is 16.9 Å². The van der Waals surface area contributed by atoms with Gasteiger partial charge in [-0.25, -0.2) is 9.97 Å². The van der Waals surface area contributed by atoms with Gasteiger partial charge in [0.05, 0.1) is 0 Å². The van der Waals surface area contributed by atoms with Gasteiger partial charge in [0.25, 0.3) is 5.91 Å². The predicted octanol–water partition coefficient (Wildman–Crippen LogP) is 3.31. The summed E-state index contributed by atoms with van der Waals surface area (Å²) in [6, 6.07) is 3.94. The lowest BCUT2D eigenvalue weighted by atomic mass is 9.99. The second-order valence-corrected chi connectivity index (χ2v) is 4.78. The molecule has 4 nitrogen and oxygen atoms in total. The average Bonchev–Trinajstić information content (AvgIpc) is 2.30. The molecule has 0 radical (unpaired) electrons. The number of carbonyl (C=O) groups is 1. The fraction of sp³-hybridized carbons (Fsp3) is 0.214. The molecule has 1 aromatic carbocycles. The molecule has 1 amide bonds. The van der Waals surface area contributed by atoms with Gasteiger partial charge in [-0.2, -0.15) is 0 Å². The van der Waals surface area contributed by atoms with Crippen LogP contribution in [0.1, 0.15) is 27.0 Å². The zero-order valence-corrected chi connectivity index (χ0v) is 11.7. The fourth-order valence-electron chi connectivity index (χ4n) is 2.11. The Labute approximate surface area is 116 Å². The van der Waals surface area contributed by atoms with Gasteiger partial charge in [0.15, 0.2) is 11.0 Å². The van der Waals surface area contributed by atoms with Gasteiger partial charge < -0.3 is 5.32 Å². The van der Waals surface area contributed by atoms with Crippen LogP contribution in [-0.4, -0.2) is 15.9 Å². The molecule has 1 N–H and O–H groups in total. The lowest BCUT2D eigenvalue weighted by Gasteiger charge is -2.11. The number of aromatic nitrogens is 2. The summed E-state index contributed by atoms with van der Waals surface area (Å²) in [6.45, 7) is 5.82. The zero-order chi connectivity index (χ0) is 14.0. The SMILES string of the molecule is Cc1cc(C)c(C(=O)Nc2nccnc2Cl)c(C)c1. The van der Waals surface area contributed by atoms with Crippen LogP contribution in [0.4, 0.5) is 5.82 Å². The maximum Gasteiger partial charge on any atom is 0.257 e. The van der Waals surface area contributed by atoms with Crippen molar-refractivity contribution in [3.05, 3.63) is 51.9 Å². The Hall–Kier alpha value is -1.94. The third-order valence-electron chi connectivity index (χ3n) is 2.79. The topological polar surface area (TPSA) is 54.9 Å². The van der Waals surface area contributed by atoms with E-state index in [0.29, 0.717) is 5.56 Å². The molecule has 0 bridgehead atoms. The van der Waals surface area contributed by atoms with Crippen molar-refractivity contribution in [3.63, 3.8) is 0 Å². The molecule has 0 aliphatic carbocycles. The van der Waals surface area contributed by atoms with Gasteiger partial charge >= 0.3 is 0 Å². The molecule has 19 heavy (non-hydrogen) atoms. The third-order valence-corrected chi connectivity index (χ3v) is 3.07. The summed E-state index contributed by atoms with van der Waals surface area (Å²) in [6.07, 6.45) is 2.96. The molecule has 1 heterocycles. The van der Waals surface area contributed by atoms with Gasteiger partial charge in [0.1, 0.15) is 0 Å². The molecule has 98 valence electrons. The van der Waals surface area contributed by atoms with Gasteiger partial charge in [0.2, 0.25) is 0 Å². The van der Waals surface area contributed by atoms with Crippen molar-refractivity contribution in [2.24, 2.45) is 0 Å². The number of anilines is 1. The maximum absolute atomic E-state index is 12.3. The fourth-order valence-corrected chi connectivity index (χ4v) is 2.27. The standard InChI is InChI=1S/C14H14ClN3O/c1-8-6-9(2)11(10(3)7-8)14(19)18-13-12(15)16-4-5-17-13/h4-7H,1-3H3,(H,17,18,19). The molecule has 0 saturated carbocycles. The Balaban J connectivity index is 2.34. The number of benzene rings is 1. The van der Waals surface area contributed by atoms with E-state index in [0.717, 1.165) is 16.7 Å². The van der Waals surface area contributed by atoms with Crippen LogP contribution in [0.15, 0.2) is 24.5 Å². The molecule has 0 atom stereocenters. The number of nitrogens with one attached hydrogen (secondary N) is 1. The van der Waals surface area contributed by atoms with Crippen molar-refractivity contribution in [2.45, 2.75) is 20.8 Å². The molecule has 2 aromatic rings. The van der Waals surface area contributed by atoms with Crippen LogP contribution in [0.3, 0.4) is 0 Å². The van der Waals surface area contributed by atoms with Crippen molar-refractivity contribution in [1.82, 2.24) is 9.97 Å². The zero-order valence-electron chi connectivity index (χ0n) is 11.0. The highest BCUT2D eigenvalue weighted by Crippen LogP contribution is 2.20. The van der Waals surface area contributed by atoms with E-state index in [4.69, 9.17) is 11.6 Å². The quantitative estimate of drug-likeness (QED) is 0.915. The number of nitrogens with zero attached hydrogens (tertiary/aromatic N) is 2. The largest absolute Gasteiger partial charge is 0.304 e. The number of rotatable bonds is 2.